The summed E-state index contributed by atoms with van der Waals surface area (Å²) in [7, 11) is 1.60. The van der Waals surface area contributed by atoms with Gasteiger partial charge in [0.05, 0.1) is 19.0 Å². The first-order valence-corrected chi connectivity index (χ1v) is 5.21. The molecule has 0 unspecified atom stereocenters. The minimum atomic E-state index is 0.400. The van der Waals surface area contributed by atoms with Gasteiger partial charge in [-0.3, -0.25) is 0 Å². The van der Waals surface area contributed by atoms with Crippen LogP contribution in [0.25, 0.3) is 5.69 Å². The number of rotatable bonds is 3. The lowest BCUT2D eigenvalue weighted by atomic mass is 10.3. The van der Waals surface area contributed by atoms with Gasteiger partial charge in [-0.05, 0) is 24.3 Å². The molecule has 0 saturated heterocycles. The molecule has 0 radical (unpaired) electrons. The molecule has 0 amide bonds. The van der Waals surface area contributed by atoms with Gasteiger partial charge in [0.2, 0.25) is 5.88 Å². The minimum Gasteiger partial charge on any atom is -0.481 e. The van der Waals surface area contributed by atoms with E-state index in [-0.39, 0.29) is 0 Å². The van der Waals surface area contributed by atoms with Crippen molar-refractivity contribution in [2.75, 3.05) is 7.11 Å². The Labute approximate surface area is 98.6 Å². The van der Waals surface area contributed by atoms with E-state index in [4.69, 9.17) is 22.1 Å². The Balaban J connectivity index is 2.47. The molecule has 0 atom stereocenters. The quantitative estimate of drug-likeness (QED) is 0.888. The number of benzene rings is 1. The van der Waals surface area contributed by atoms with Gasteiger partial charge in [0.15, 0.2) is 0 Å². The number of nitrogens with zero attached hydrogens (tertiary/aromatic N) is 2. The molecular weight excluding hydrogens is 226 g/mol. The Morgan fingerprint density at radius 1 is 1.38 bits per heavy atom. The van der Waals surface area contributed by atoms with Gasteiger partial charge in [0.1, 0.15) is 0 Å². The lowest BCUT2D eigenvalue weighted by molar-refractivity contribution is 0.379. The van der Waals surface area contributed by atoms with Crippen LogP contribution in [0.1, 0.15) is 5.56 Å². The molecule has 2 aromatic rings. The molecule has 0 aliphatic rings. The number of aromatic nitrogens is 2. The van der Waals surface area contributed by atoms with Gasteiger partial charge in [-0.25, -0.2) is 4.68 Å². The van der Waals surface area contributed by atoms with Gasteiger partial charge >= 0.3 is 0 Å². The maximum absolute atomic E-state index is 5.82. The van der Waals surface area contributed by atoms with E-state index in [1.54, 1.807) is 30.1 Å². The third-order valence-corrected chi connectivity index (χ3v) is 2.53. The number of hydrogen-bond acceptors (Lipinski definition) is 3. The molecule has 0 aliphatic carbocycles. The van der Waals surface area contributed by atoms with Crippen LogP contribution in [0.4, 0.5) is 0 Å². The lowest BCUT2D eigenvalue weighted by Gasteiger charge is -2.07. The first kappa shape index (κ1) is 11.0. The molecule has 5 heteroatoms. The standard InChI is InChI=1S/C11H12ClN3O/c1-16-11-8(6-13)7-14-15(11)10-4-2-9(12)3-5-10/h2-5,7H,6,13H2,1H3. The van der Waals surface area contributed by atoms with Gasteiger partial charge in [-0.1, -0.05) is 11.6 Å². The maximum Gasteiger partial charge on any atom is 0.220 e. The number of halogens is 1. The number of ether oxygens (including phenoxy) is 1. The Kier molecular flexibility index (Phi) is 3.12. The largest absolute Gasteiger partial charge is 0.481 e. The molecule has 1 aromatic heterocycles. The summed E-state index contributed by atoms with van der Waals surface area (Å²) in [6.07, 6.45) is 1.70. The van der Waals surface area contributed by atoms with Crippen molar-refractivity contribution in [1.29, 1.82) is 0 Å². The first-order chi connectivity index (χ1) is 7.76. The van der Waals surface area contributed by atoms with E-state index < -0.39 is 0 Å². The fourth-order valence-corrected chi connectivity index (χ4v) is 1.62. The van der Waals surface area contributed by atoms with E-state index in [9.17, 15) is 0 Å². The molecule has 0 aliphatic heterocycles. The average molecular weight is 238 g/mol. The maximum atomic E-state index is 5.82. The minimum absolute atomic E-state index is 0.400. The fourth-order valence-electron chi connectivity index (χ4n) is 1.49. The molecule has 16 heavy (non-hydrogen) atoms. The van der Waals surface area contributed by atoms with Crippen molar-refractivity contribution < 1.29 is 4.74 Å². The fraction of sp³-hybridized carbons (Fsp3) is 0.182. The summed E-state index contributed by atoms with van der Waals surface area (Å²) in [4.78, 5) is 0. The van der Waals surface area contributed by atoms with Gasteiger partial charge < -0.3 is 10.5 Å². The molecule has 1 heterocycles. The van der Waals surface area contributed by atoms with Gasteiger partial charge in [-0.15, -0.1) is 0 Å². The van der Waals surface area contributed by atoms with E-state index in [0.29, 0.717) is 17.4 Å². The number of hydrogen-bond donors (Lipinski definition) is 1. The molecule has 84 valence electrons. The third kappa shape index (κ3) is 1.89. The van der Waals surface area contributed by atoms with E-state index in [1.165, 1.54) is 0 Å². The van der Waals surface area contributed by atoms with E-state index in [1.807, 2.05) is 12.1 Å². The SMILES string of the molecule is COc1c(CN)cnn1-c1ccc(Cl)cc1. The van der Waals surface area contributed by atoms with Crippen LogP contribution in [0, 0.1) is 0 Å². The summed E-state index contributed by atoms with van der Waals surface area (Å²) in [5, 5.41) is 4.92. The molecule has 0 saturated carbocycles. The summed E-state index contributed by atoms with van der Waals surface area (Å²) in [6.45, 7) is 0.400. The van der Waals surface area contributed by atoms with Crippen molar-refractivity contribution in [3.8, 4) is 11.6 Å². The van der Waals surface area contributed by atoms with Crippen LogP contribution in [0.15, 0.2) is 30.5 Å². The second kappa shape index (κ2) is 4.55. The topological polar surface area (TPSA) is 53.1 Å². The molecule has 0 bridgehead atoms. The second-order valence-electron chi connectivity index (χ2n) is 3.27. The zero-order valence-corrected chi connectivity index (χ0v) is 9.61. The van der Waals surface area contributed by atoms with Crippen molar-refractivity contribution in [2.45, 2.75) is 6.54 Å². The van der Waals surface area contributed by atoms with Crippen LogP contribution in [-0.2, 0) is 6.54 Å². The van der Waals surface area contributed by atoms with E-state index >= 15 is 0 Å². The third-order valence-electron chi connectivity index (χ3n) is 2.28. The van der Waals surface area contributed by atoms with E-state index in [0.717, 1.165) is 11.3 Å². The van der Waals surface area contributed by atoms with Crippen molar-refractivity contribution in [3.63, 3.8) is 0 Å². The van der Waals surface area contributed by atoms with Gasteiger partial charge in [0, 0.05) is 17.1 Å². The second-order valence-corrected chi connectivity index (χ2v) is 3.71. The highest BCUT2D eigenvalue weighted by Crippen LogP contribution is 2.22. The first-order valence-electron chi connectivity index (χ1n) is 4.83. The van der Waals surface area contributed by atoms with Crippen LogP contribution in [0.5, 0.6) is 5.88 Å². The summed E-state index contributed by atoms with van der Waals surface area (Å²) in [5.41, 5.74) is 7.35. The molecule has 0 fully saturated rings. The normalized spacial score (nSPS) is 10.4. The van der Waals surface area contributed by atoms with Crippen molar-refractivity contribution >= 4 is 11.6 Å². The van der Waals surface area contributed by atoms with Gasteiger partial charge in [-0.2, -0.15) is 5.10 Å². The zero-order valence-electron chi connectivity index (χ0n) is 8.85. The summed E-state index contributed by atoms with van der Waals surface area (Å²) in [6, 6.07) is 7.36. The predicted octanol–water partition coefficient (Wildman–Crippen LogP) is 1.99. The summed E-state index contributed by atoms with van der Waals surface area (Å²) in [5.74, 6) is 0.657. The van der Waals surface area contributed by atoms with Crippen LogP contribution >= 0.6 is 11.6 Å². The number of methoxy groups -OCH3 is 1. The number of nitrogens with two attached hydrogens (primary N) is 1. The Morgan fingerprint density at radius 2 is 2.06 bits per heavy atom. The molecule has 2 N–H and O–H groups in total. The predicted molar refractivity (Wildman–Crippen MR) is 63.0 cm³/mol. The van der Waals surface area contributed by atoms with Crippen molar-refractivity contribution in [2.24, 2.45) is 5.73 Å². The highest BCUT2D eigenvalue weighted by molar-refractivity contribution is 6.30. The average Bonchev–Trinajstić information content (AvgIpc) is 2.72. The Bertz CT molecular complexity index is 478. The molecular formula is C11H12ClN3O. The molecule has 1 aromatic carbocycles. The summed E-state index contributed by atoms with van der Waals surface area (Å²) >= 11 is 5.82. The van der Waals surface area contributed by atoms with Crippen LogP contribution in [-0.4, -0.2) is 16.9 Å². The highest BCUT2D eigenvalue weighted by atomic mass is 35.5. The zero-order chi connectivity index (χ0) is 11.5. The van der Waals surface area contributed by atoms with Crippen molar-refractivity contribution in [1.82, 2.24) is 9.78 Å². The monoisotopic (exact) mass is 237 g/mol. The van der Waals surface area contributed by atoms with Crippen LogP contribution < -0.4 is 10.5 Å². The summed E-state index contributed by atoms with van der Waals surface area (Å²) < 4.78 is 6.97. The smallest absolute Gasteiger partial charge is 0.220 e. The highest BCUT2D eigenvalue weighted by Gasteiger charge is 2.11. The van der Waals surface area contributed by atoms with Gasteiger partial charge in [0.25, 0.3) is 0 Å². The molecule has 4 nitrogen and oxygen atoms in total. The van der Waals surface area contributed by atoms with Crippen LogP contribution in [0.2, 0.25) is 5.02 Å². The van der Waals surface area contributed by atoms with Crippen LogP contribution in [0.3, 0.4) is 0 Å². The Hall–Kier alpha value is -1.52. The van der Waals surface area contributed by atoms with E-state index in [2.05, 4.69) is 5.10 Å². The molecule has 2 rings (SSSR count). The lowest BCUT2D eigenvalue weighted by Crippen LogP contribution is -2.02. The van der Waals surface area contributed by atoms with Crippen molar-refractivity contribution in [3.05, 3.63) is 41.0 Å². The molecule has 0 spiro atoms. The Morgan fingerprint density at radius 3 is 2.62 bits per heavy atom.